The summed E-state index contributed by atoms with van der Waals surface area (Å²) < 4.78 is 37.3. The molecule has 0 bridgehead atoms. The van der Waals surface area contributed by atoms with Gasteiger partial charge in [-0.1, -0.05) is 18.2 Å². The number of benzene rings is 1. The van der Waals surface area contributed by atoms with E-state index in [-0.39, 0.29) is 11.3 Å². The lowest BCUT2D eigenvalue weighted by Gasteiger charge is -2.06. The summed E-state index contributed by atoms with van der Waals surface area (Å²) in [5, 5.41) is 0. The van der Waals surface area contributed by atoms with Crippen molar-refractivity contribution in [1.82, 2.24) is 4.98 Å². The number of pyridine rings is 1. The molecule has 108 valence electrons. The molecule has 0 N–H and O–H groups in total. The van der Waals surface area contributed by atoms with Crippen LogP contribution in [0.1, 0.15) is 27.2 Å². The van der Waals surface area contributed by atoms with Crippen LogP contribution in [0.15, 0.2) is 48.7 Å². The van der Waals surface area contributed by atoms with Gasteiger partial charge in [-0.25, -0.2) is 0 Å². The van der Waals surface area contributed by atoms with Crippen LogP contribution >= 0.6 is 0 Å². The van der Waals surface area contributed by atoms with Crippen LogP contribution in [-0.2, 0) is 6.18 Å². The monoisotopic (exact) mass is 291 g/mol. The number of rotatable bonds is 3. The van der Waals surface area contributed by atoms with Crippen LogP contribution in [0.5, 0.6) is 0 Å². The SMILES string of the molecule is Cc1cc(C=CC(=O)c2ccc(C(F)(F)F)cc2)ccn1. The van der Waals surface area contributed by atoms with E-state index < -0.39 is 11.7 Å². The Kier molecular flexibility index (Phi) is 4.21. The van der Waals surface area contributed by atoms with Crippen molar-refractivity contribution < 1.29 is 18.0 Å². The van der Waals surface area contributed by atoms with Gasteiger partial charge in [0.25, 0.3) is 0 Å². The summed E-state index contributed by atoms with van der Waals surface area (Å²) >= 11 is 0. The summed E-state index contributed by atoms with van der Waals surface area (Å²) in [7, 11) is 0. The van der Waals surface area contributed by atoms with Gasteiger partial charge in [-0.3, -0.25) is 9.78 Å². The van der Waals surface area contributed by atoms with Gasteiger partial charge in [0.2, 0.25) is 0 Å². The van der Waals surface area contributed by atoms with Gasteiger partial charge >= 0.3 is 6.18 Å². The number of aromatic nitrogens is 1. The normalized spacial score (nSPS) is 11.8. The minimum Gasteiger partial charge on any atom is -0.289 e. The van der Waals surface area contributed by atoms with E-state index in [0.29, 0.717) is 0 Å². The number of hydrogen-bond acceptors (Lipinski definition) is 2. The largest absolute Gasteiger partial charge is 0.416 e. The van der Waals surface area contributed by atoms with Gasteiger partial charge in [0, 0.05) is 17.5 Å². The van der Waals surface area contributed by atoms with Crippen molar-refractivity contribution in [2.45, 2.75) is 13.1 Å². The summed E-state index contributed by atoms with van der Waals surface area (Å²) in [4.78, 5) is 15.9. The fourth-order valence-corrected chi connectivity index (χ4v) is 1.76. The number of carbonyl (C=O) groups excluding carboxylic acids is 1. The minimum absolute atomic E-state index is 0.213. The van der Waals surface area contributed by atoms with Crippen LogP contribution in [0.2, 0.25) is 0 Å². The first-order valence-electron chi connectivity index (χ1n) is 6.18. The number of ketones is 1. The Labute approximate surface area is 120 Å². The van der Waals surface area contributed by atoms with Gasteiger partial charge in [0.15, 0.2) is 5.78 Å². The van der Waals surface area contributed by atoms with E-state index in [4.69, 9.17) is 0 Å². The maximum absolute atomic E-state index is 12.4. The fourth-order valence-electron chi connectivity index (χ4n) is 1.76. The molecular weight excluding hydrogens is 279 g/mol. The molecule has 2 nitrogen and oxygen atoms in total. The Hall–Kier alpha value is -2.43. The first-order valence-corrected chi connectivity index (χ1v) is 6.18. The van der Waals surface area contributed by atoms with Crippen LogP contribution in [-0.4, -0.2) is 10.8 Å². The van der Waals surface area contributed by atoms with E-state index in [2.05, 4.69) is 4.98 Å². The first-order chi connectivity index (χ1) is 9.86. The highest BCUT2D eigenvalue weighted by Crippen LogP contribution is 2.29. The highest BCUT2D eigenvalue weighted by atomic mass is 19.4. The first kappa shape index (κ1) is 15.0. The average Bonchev–Trinajstić information content (AvgIpc) is 2.44. The topological polar surface area (TPSA) is 30.0 Å². The molecule has 0 amide bonds. The van der Waals surface area contributed by atoms with Crippen LogP contribution < -0.4 is 0 Å². The lowest BCUT2D eigenvalue weighted by atomic mass is 10.1. The molecule has 0 spiro atoms. The van der Waals surface area contributed by atoms with Crippen molar-refractivity contribution in [3.05, 3.63) is 71.1 Å². The Morgan fingerprint density at radius 1 is 1.14 bits per heavy atom. The van der Waals surface area contributed by atoms with Crippen molar-refractivity contribution in [2.24, 2.45) is 0 Å². The zero-order valence-corrected chi connectivity index (χ0v) is 11.2. The predicted octanol–water partition coefficient (Wildman–Crippen LogP) is 4.30. The molecule has 0 saturated heterocycles. The Balaban J connectivity index is 2.14. The van der Waals surface area contributed by atoms with Gasteiger partial charge in [0.05, 0.1) is 5.56 Å². The average molecular weight is 291 g/mol. The third-order valence-corrected chi connectivity index (χ3v) is 2.84. The molecule has 1 heterocycles. The van der Waals surface area contributed by atoms with Crippen molar-refractivity contribution >= 4 is 11.9 Å². The Morgan fingerprint density at radius 3 is 2.38 bits per heavy atom. The summed E-state index contributed by atoms with van der Waals surface area (Å²) in [6.07, 6.45) is 0.162. The summed E-state index contributed by atoms with van der Waals surface area (Å²) in [6, 6.07) is 7.69. The quantitative estimate of drug-likeness (QED) is 0.623. The maximum atomic E-state index is 12.4. The molecule has 0 aliphatic carbocycles. The molecule has 2 aromatic rings. The standard InChI is InChI=1S/C16H12F3NO/c1-11-10-12(8-9-20-11)2-7-15(21)13-3-5-14(6-4-13)16(17,18)19/h2-10H,1H3. The van der Waals surface area contributed by atoms with E-state index in [1.165, 1.54) is 18.2 Å². The second kappa shape index (κ2) is 5.91. The number of aryl methyl sites for hydroxylation is 1. The van der Waals surface area contributed by atoms with E-state index in [0.717, 1.165) is 23.4 Å². The van der Waals surface area contributed by atoms with E-state index in [1.807, 2.05) is 6.92 Å². The van der Waals surface area contributed by atoms with Crippen LogP contribution in [0, 0.1) is 6.92 Å². The van der Waals surface area contributed by atoms with E-state index in [9.17, 15) is 18.0 Å². The van der Waals surface area contributed by atoms with Gasteiger partial charge < -0.3 is 0 Å². The molecular formula is C16H12F3NO. The molecule has 1 aromatic heterocycles. The number of hydrogen-bond donors (Lipinski definition) is 0. The zero-order valence-electron chi connectivity index (χ0n) is 11.2. The molecule has 0 radical (unpaired) electrons. The van der Waals surface area contributed by atoms with E-state index in [1.54, 1.807) is 24.4 Å². The number of alkyl halides is 3. The van der Waals surface area contributed by atoms with Gasteiger partial charge in [-0.2, -0.15) is 13.2 Å². The van der Waals surface area contributed by atoms with Gasteiger partial charge in [-0.15, -0.1) is 0 Å². The smallest absolute Gasteiger partial charge is 0.289 e. The highest BCUT2D eigenvalue weighted by molar-refractivity contribution is 6.06. The zero-order chi connectivity index (χ0) is 15.5. The second-order valence-electron chi connectivity index (χ2n) is 4.50. The van der Waals surface area contributed by atoms with Crippen molar-refractivity contribution in [2.75, 3.05) is 0 Å². The minimum atomic E-state index is -4.40. The van der Waals surface area contributed by atoms with E-state index >= 15 is 0 Å². The molecule has 0 atom stereocenters. The molecule has 0 aliphatic rings. The third kappa shape index (κ3) is 4.02. The molecule has 0 saturated carbocycles. The Bertz CT molecular complexity index is 673. The summed E-state index contributed by atoms with van der Waals surface area (Å²) in [5.74, 6) is -0.349. The fraction of sp³-hybridized carbons (Fsp3) is 0.125. The predicted molar refractivity (Wildman–Crippen MR) is 73.8 cm³/mol. The molecule has 1 aromatic carbocycles. The highest BCUT2D eigenvalue weighted by Gasteiger charge is 2.30. The maximum Gasteiger partial charge on any atom is 0.416 e. The van der Waals surface area contributed by atoms with Crippen LogP contribution in [0.4, 0.5) is 13.2 Å². The number of carbonyl (C=O) groups is 1. The van der Waals surface area contributed by atoms with Gasteiger partial charge in [0.1, 0.15) is 0 Å². The Morgan fingerprint density at radius 2 is 1.81 bits per heavy atom. The molecule has 0 aliphatic heterocycles. The number of allylic oxidation sites excluding steroid dienone is 1. The molecule has 0 fully saturated rings. The summed E-state index contributed by atoms with van der Waals surface area (Å²) in [5.41, 5.74) is 1.07. The van der Waals surface area contributed by atoms with Crippen LogP contribution in [0.3, 0.4) is 0 Å². The molecule has 2 rings (SSSR count). The molecule has 21 heavy (non-hydrogen) atoms. The van der Waals surface area contributed by atoms with Crippen molar-refractivity contribution in [1.29, 1.82) is 0 Å². The lowest BCUT2D eigenvalue weighted by Crippen LogP contribution is -2.05. The second-order valence-corrected chi connectivity index (χ2v) is 4.50. The van der Waals surface area contributed by atoms with Gasteiger partial charge in [-0.05, 0) is 42.8 Å². The molecule has 0 unspecified atom stereocenters. The van der Waals surface area contributed by atoms with Crippen LogP contribution in [0.25, 0.3) is 6.08 Å². The third-order valence-electron chi connectivity index (χ3n) is 2.84. The van der Waals surface area contributed by atoms with Crippen molar-refractivity contribution in [3.8, 4) is 0 Å². The lowest BCUT2D eigenvalue weighted by molar-refractivity contribution is -0.137. The summed E-state index contributed by atoms with van der Waals surface area (Å²) in [6.45, 7) is 1.83. The van der Waals surface area contributed by atoms with Crippen molar-refractivity contribution in [3.63, 3.8) is 0 Å². The molecule has 5 heteroatoms. The number of halogens is 3. The number of nitrogens with zero attached hydrogens (tertiary/aromatic N) is 1.